The maximum atomic E-state index is 12.7. The summed E-state index contributed by atoms with van der Waals surface area (Å²) in [6, 6.07) is 13.8. The molecule has 0 spiro atoms. The highest BCUT2D eigenvalue weighted by Crippen LogP contribution is 2.30. The standard InChI is InChI=1S/C20H18BrNO3/c21-16-3-6-19-18(12-16)20(23)15(13-25-19)11-14-1-4-17(5-2-14)22-7-9-24-10-8-22/h1-6,11-12H,7-10,13H2/b15-11-. The Morgan fingerprint density at radius 1 is 1.04 bits per heavy atom. The van der Waals surface area contributed by atoms with Crippen molar-refractivity contribution in [3.05, 3.63) is 63.6 Å². The van der Waals surface area contributed by atoms with Gasteiger partial charge in [-0.05, 0) is 42.0 Å². The van der Waals surface area contributed by atoms with Crippen LogP contribution in [-0.4, -0.2) is 38.7 Å². The first-order valence-corrected chi connectivity index (χ1v) is 9.10. The molecule has 25 heavy (non-hydrogen) atoms. The van der Waals surface area contributed by atoms with Crippen LogP contribution in [0.1, 0.15) is 15.9 Å². The van der Waals surface area contributed by atoms with E-state index < -0.39 is 0 Å². The number of ketones is 1. The Kier molecular flexibility index (Phi) is 4.59. The molecule has 0 N–H and O–H groups in total. The first kappa shape index (κ1) is 16.4. The van der Waals surface area contributed by atoms with Crippen molar-refractivity contribution in [3.8, 4) is 5.75 Å². The van der Waals surface area contributed by atoms with Gasteiger partial charge in [0.2, 0.25) is 0 Å². The van der Waals surface area contributed by atoms with Crippen LogP contribution in [0.3, 0.4) is 0 Å². The minimum Gasteiger partial charge on any atom is -0.488 e. The van der Waals surface area contributed by atoms with Crippen molar-refractivity contribution in [2.45, 2.75) is 0 Å². The Bertz CT molecular complexity index is 823. The van der Waals surface area contributed by atoms with Gasteiger partial charge in [-0.15, -0.1) is 0 Å². The summed E-state index contributed by atoms with van der Waals surface area (Å²) in [5, 5.41) is 0. The van der Waals surface area contributed by atoms with Crippen molar-refractivity contribution in [3.63, 3.8) is 0 Å². The average molecular weight is 400 g/mol. The van der Waals surface area contributed by atoms with Gasteiger partial charge in [-0.3, -0.25) is 4.79 Å². The smallest absolute Gasteiger partial charge is 0.196 e. The van der Waals surface area contributed by atoms with Crippen molar-refractivity contribution in [2.24, 2.45) is 0 Å². The van der Waals surface area contributed by atoms with Crippen LogP contribution in [0.2, 0.25) is 0 Å². The largest absolute Gasteiger partial charge is 0.488 e. The second kappa shape index (κ2) is 7.02. The summed E-state index contributed by atoms with van der Waals surface area (Å²) in [4.78, 5) is 15.0. The molecule has 0 amide bonds. The van der Waals surface area contributed by atoms with Gasteiger partial charge in [-0.1, -0.05) is 28.1 Å². The lowest BCUT2D eigenvalue weighted by molar-refractivity contribution is 0.100. The number of benzene rings is 2. The number of halogens is 1. The summed E-state index contributed by atoms with van der Waals surface area (Å²) in [6.07, 6.45) is 1.91. The highest BCUT2D eigenvalue weighted by Gasteiger charge is 2.23. The fourth-order valence-corrected chi connectivity index (χ4v) is 3.47. The third kappa shape index (κ3) is 3.48. The van der Waals surface area contributed by atoms with Gasteiger partial charge in [-0.25, -0.2) is 0 Å². The molecule has 128 valence electrons. The van der Waals surface area contributed by atoms with Gasteiger partial charge in [0.25, 0.3) is 0 Å². The number of rotatable bonds is 2. The van der Waals surface area contributed by atoms with E-state index in [1.54, 1.807) is 0 Å². The van der Waals surface area contributed by atoms with E-state index in [1.165, 1.54) is 5.69 Å². The number of carbonyl (C=O) groups excluding carboxylic acids is 1. The average Bonchev–Trinajstić information content (AvgIpc) is 2.66. The van der Waals surface area contributed by atoms with Crippen LogP contribution in [0.25, 0.3) is 6.08 Å². The second-order valence-corrected chi connectivity index (χ2v) is 7.03. The third-order valence-corrected chi connectivity index (χ3v) is 4.96. The van der Waals surface area contributed by atoms with Gasteiger partial charge in [-0.2, -0.15) is 0 Å². The van der Waals surface area contributed by atoms with Crippen molar-refractivity contribution in [1.29, 1.82) is 0 Å². The van der Waals surface area contributed by atoms with Gasteiger partial charge in [0.05, 0.1) is 18.8 Å². The number of fused-ring (bicyclic) bond motifs is 1. The van der Waals surface area contributed by atoms with E-state index in [0.29, 0.717) is 23.5 Å². The minimum atomic E-state index is 0.0276. The minimum absolute atomic E-state index is 0.0276. The van der Waals surface area contributed by atoms with Crippen LogP contribution in [0.4, 0.5) is 5.69 Å². The summed E-state index contributed by atoms with van der Waals surface area (Å²) in [6.45, 7) is 3.68. The van der Waals surface area contributed by atoms with Crippen molar-refractivity contribution in [2.75, 3.05) is 37.8 Å². The maximum absolute atomic E-state index is 12.7. The summed E-state index contributed by atoms with van der Waals surface area (Å²) < 4.78 is 12.0. The molecule has 5 heteroatoms. The number of carbonyl (C=O) groups is 1. The predicted octanol–water partition coefficient (Wildman–Crippen LogP) is 3.94. The molecule has 0 aromatic heterocycles. The molecule has 2 aliphatic heterocycles. The summed E-state index contributed by atoms with van der Waals surface area (Å²) >= 11 is 3.41. The molecule has 0 unspecified atom stereocenters. The van der Waals surface area contributed by atoms with Crippen molar-refractivity contribution < 1.29 is 14.3 Å². The van der Waals surface area contributed by atoms with E-state index in [1.807, 2.05) is 36.4 Å². The third-order valence-electron chi connectivity index (χ3n) is 4.47. The topological polar surface area (TPSA) is 38.8 Å². The zero-order valence-electron chi connectivity index (χ0n) is 13.7. The van der Waals surface area contributed by atoms with Gasteiger partial charge in [0.1, 0.15) is 12.4 Å². The first-order chi connectivity index (χ1) is 12.2. The van der Waals surface area contributed by atoms with Crippen molar-refractivity contribution >= 4 is 33.5 Å². The number of anilines is 1. The molecule has 1 saturated heterocycles. The van der Waals surface area contributed by atoms with E-state index in [-0.39, 0.29) is 5.78 Å². The second-order valence-electron chi connectivity index (χ2n) is 6.12. The lowest BCUT2D eigenvalue weighted by Crippen LogP contribution is -2.36. The summed E-state index contributed by atoms with van der Waals surface area (Å²) in [5.74, 6) is 0.674. The van der Waals surface area contributed by atoms with Crippen LogP contribution in [0.15, 0.2) is 52.5 Å². The van der Waals surface area contributed by atoms with Crippen LogP contribution in [-0.2, 0) is 4.74 Å². The van der Waals surface area contributed by atoms with Gasteiger partial charge in [0, 0.05) is 28.8 Å². The number of nitrogens with zero attached hydrogens (tertiary/aromatic N) is 1. The maximum Gasteiger partial charge on any atom is 0.196 e. The van der Waals surface area contributed by atoms with Crippen LogP contribution in [0, 0.1) is 0 Å². The van der Waals surface area contributed by atoms with Crippen molar-refractivity contribution in [1.82, 2.24) is 0 Å². The molecule has 1 fully saturated rings. The number of morpholine rings is 1. The highest BCUT2D eigenvalue weighted by molar-refractivity contribution is 9.10. The van der Waals surface area contributed by atoms with Crippen LogP contribution >= 0.6 is 15.9 Å². The quantitative estimate of drug-likeness (QED) is 0.716. The Hall–Kier alpha value is -2.11. The molecular formula is C20H18BrNO3. The van der Waals surface area contributed by atoms with Gasteiger partial charge < -0.3 is 14.4 Å². The summed E-state index contributed by atoms with van der Waals surface area (Å²) in [7, 11) is 0. The van der Waals surface area contributed by atoms with E-state index in [0.717, 1.165) is 36.3 Å². The van der Waals surface area contributed by atoms with Gasteiger partial charge >= 0.3 is 0 Å². The fraction of sp³-hybridized carbons (Fsp3) is 0.250. The summed E-state index contributed by atoms with van der Waals surface area (Å²) in [5.41, 5.74) is 3.47. The zero-order chi connectivity index (χ0) is 17.2. The molecule has 0 saturated carbocycles. The molecule has 2 aromatic carbocycles. The van der Waals surface area contributed by atoms with E-state index in [9.17, 15) is 4.79 Å². The molecule has 4 rings (SSSR count). The number of Topliss-reactive ketones (excluding diaryl/α,β-unsaturated/α-hetero) is 1. The molecule has 4 nitrogen and oxygen atoms in total. The Balaban J connectivity index is 1.55. The SMILES string of the molecule is O=C1/C(=C\c2ccc(N3CCOCC3)cc2)COc2ccc(Br)cc21. The normalized spacial score (nSPS) is 18.8. The van der Waals surface area contributed by atoms with Crippen LogP contribution in [0.5, 0.6) is 5.75 Å². The first-order valence-electron chi connectivity index (χ1n) is 8.31. The number of ether oxygens (including phenoxy) is 2. The van der Waals surface area contributed by atoms with E-state index in [4.69, 9.17) is 9.47 Å². The molecule has 2 aromatic rings. The molecule has 0 radical (unpaired) electrons. The fourth-order valence-electron chi connectivity index (χ4n) is 3.11. The number of hydrogen-bond acceptors (Lipinski definition) is 4. The van der Waals surface area contributed by atoms with E-state index in [2.05, 4.69) is 33.0 Å². The van der Waals surface area contributed by atoms with Gasteiger partial charge in [0.15, 0.2) is 5.78 Å². The molecule has 2 heterocycles. The van der Waals surface area contributed by atoms with Crippen LogP contribution < -0.4 is 9.64 Å². The zero-order valence-corrected chi connectivity index (χ0v) is 15.3. The molecule has 0 aliphatic carbocycles. The Morgan fingerprint density at radius 2 is 1.80 bits per heavy atom. The molecule has 0 bridgehead atoms. The molecular weight excluding hydrogens is 382 g/mol. The Morgan fingerprint density at radius 3 is 2.56 bits per heavy atom. The highest BCUT2D eigenvalue weighted by atomic mass is 79.9. The predicted molar refractivity (Wildman–Crippen MR) is 101 cm³/mol. The lowest BCUT2D eigenvalue weighted by Gasteiger charge is -2.28. The number of hydrogen-bond donors (Lipinski definition) is 0. The molecule has 2 aliphatic rings. The lowest BCUT2D eigenvalue weighted by atomic mass is 9.98. The Labute approximate surface area is 155 Å². The van der Waals surface area contributed by atoms with E-state index >= 15 is 0 Å². The monoisotopic (exact) mass is 399 g/mol. The molecule has 0 atom stereocenters.